The molecule has 0 radical (unpaired) electrons. The summed E-state index contributed by atoms with van der Waals surface area (Å²) in [6.07, 6.45) is 2.25. The van der Waals surface area contributed by atoms with Crippen LogP contribution in [0.1, 0.15) is 36.9 Å². The molecule has 2 atom stereocenters. The molecule has 112 valence electrons. The van der Waals surface area contributed by atoms with Gasteiger partial charge in [-0.2, -0.15) is 0 Å². The highest BCUT2D eigenvalue weighted by molar-refractivity contribution is 5.30. The molecule has 1 saturated heterocycles. The van der Waals surface area contributed by atoms with Gasteiger partial charge < -0.3 is 10.6 Å². The summed E-state index contributed by atoms with van der Waals surface area (Å²) in [5, 5.41) is 0. The van der Waals surface area contributed by atoms with E-state index in [2.05, 4.69) is 55.0 Å². The van der Waals surface area contributed by atoms with Gasteiger partial charge in [0.05, 0.1) is 6.04 Å². The number of nitrogens with zero attached hydrogens (tertiary/aromatic N) is 2. The molecule has 1 aromatic rings. The smallest absolute Gasteiger partial charge is 0.0502 e. The highest BCUT2D eigenvalue weighted by Gasteiger charge is 2.27. The maximum atomic E-state index is 6.48. The lowest BCUT2D eigenvalue weighted by molar-refractivity contribution is 0.174. The first-order chi connectivity index (χ1) is 9.63. The standard InChI is InChI=1S/C17H29N3/c1-4-16(18)17(15-9-6-5-8-14(15)2)20-11-7-10-19(3)12-13-20/h5-6,8-9,16-17H,4,7,10-13,18H2,1-3H3. The van der Waals surface area contributed by atoms with Gasteiger partial charge in [0.1, 0.15) is 0 Å². The van der Waals surface area contributed by atoms with Crippen LogP contribution in [-0.4, -0.2) is 49.1 Å². The van der Waals surface area contributed by atoms with E-state index in [-0.39, 0.29) is 6.04 Å². The van der Waals surface area contributed by atoms with E-state index in [1.54, 1.807) is 0 Å². The van der Waals surface area contributed by atoms with Crippen molar-refractivity contribution in [3.8, 4) is 0 Å². The number of benzene rings is 1. The van der Waals surface area contributed by atoms with Crippen molar-refractivity contribution in [3.63, 3.8) is 0 Å². The first-order valence-corrected chi connectivity index (χ1v) is 7.87. The fourth-order valence-corrected chi connectivity index (χ4v) is 3.18. The predicted octanol–water partition coefficient (Wildman–Crippen LogP) is 2.41. The minimum Gasteiger partial charge on any atom is -0.326 e. The lowest BCUT2D eigenvalue weighted by Gasteiger charge is -2.35. The normalized spacial score (nSPS) is 21.4. The van der Waals surface area contributed by atoms with Crippen LogP contribution in [0.15, 0.2) is 24.3 Å². The number of aryl methyl sites for hydroxylation is 1. The predicted molar refractivity (Wildman–Crippen MR) is 85.9 cm³/mol. The highest BCUT2D eigenvalue weighted by Crippen LogP contribution is 2.28. The van der Waals surface area contributed by atoms with Crippen molar-refractivity contribution in [2.75, 3.05) is 33.2 Å². The monoisotopic (exact) mass is 275 g/mol. The zero-order valence-electron chi connectivity index (χ0n) is 13.2. The molecule has 0 aliphatic carbocycles. The lowest BCUT2D eigenvalue weighted by atomic mass is 9.92. The molecule has 2 rings (SSSR count). The quantitative estimate of drug-likeness (QED) is 0.916. The molecule has 0 aromatic heterocycles. The lowest BCUT2D eigenvalue weighted by Crippen LogP contribution is -2.42. The van der Waals surface area contributed by atoms with Gasteiger partial charge in [-0.1, -0.05) is 31.2 Å². The molecule has 20 heavy (non-hydrogen) atoms. The van der Waals surface area contributed by atoms with Gasteiger partial charge in [-0.05, 0) is 44.5 Å². The average molecular weight is 275 g/mol. The number of hydrogen-bond donors (Lipinski definition) is 1. The molecule has 1 aliphatic rings. The third-order valence-corrected chi connectivity index (χ3v) is 4.53. The van der Waals surface area contributed by atoms with Crippen LogP contribution < -0.4 is 5.73 Å². The van der Waals surface area contributed by atoms with Gasteiger partial charge in [0.2, 0.25) is 0 Å². The van der Waals surface area contributed by atoms with Crippen molar-refractivity contribution in [1.29, 1.82) is 0 Å². The van der Waals surface area contributed by atoms with Crippen LogP contribution in [0.2, 0.25) is 0 Å². The molecule has 2 unspecified atom stereocenters. The Hall–Kier alpha value is -0.900. The van der Waals surface area contributed by atoms with Gasteiger partial charge >= 0.3 is 0 Å². The van der Waals surface area contributed by atoms with E-state index in [0.717, 1.165) is 26.1 Å². The molecule has 1 heterocycles. The molecule has 0 bridgehead atoms. The SMILES string of the molecule is CCC(N)C(c1ccccc1C)N1CCCN(C)CC1. The van der Waals surface area contributed by atoms with Crippen LogP contribution in [-0.2, 0) is 0 Å². The molecule has 2 N–H and O–H groups in total. The summed E-state index contributed by atoms with van der Waals surface area (Å²) < 4.78 is 0. The van der Waals surface area contributed by atoms with E-state index in [1.165, 1.54) is 24.1 Å². The van der Waals surface area contributed by atoms with Crippen molar-refractivity contribution in [2.24, 2.45) is 5.73 Å². The topological polar surface area (TPSA) is 32.5 Å². The summed E-state index contributed by atoms with van der Waals surface area (Å²) >= 11 is 0. The second kappa shape index (κ2) is 7.21. The first-order valence-electron chi connectivity index (χ1n) is 7.87. The van der Waals surface area contributed by atoms with E-state index in [0.29, 0.717) is 6.04 Å². The van der Waals surface area contributed by atoms with Crippen LogP contribution in [0, 0.1) is 6.92 Å². The Bertz CT molecular complexity index is 418. The summed E-state index contributed by atoms with van der Waals surface area (Å²) in [7, 11) is 2.21. The second-order valence-electron chi connectivity index (χ2n) is 6.07. The molecule has 1 aliphatic heterocycles. The Balaban J connectivity index is 2.26. The number of rotatable bonds is 4. The largest absolute Gasteiger partial charge is 0.326 e. The molecule has 1 aromatic carbocycles. The minimum atomic E-state index is 0.208. The number of nitrogens with two attached hydrogens (primary N) is 1. The molecule has 3 heteroatoms. The Morgan fingerprint density at radius 3 is 2.60 bits per heavy atom. The van der Waals surface area contributed by atoms with Crippen molar-refractivity contribution >= 4 is 0 Å². The Morgan fingerprint density at radius 2 is 1.90 bits per heavy atom. The van der Waals surface area contributed by atoms with Crippen molar-refractivity contribution < 1.29 is 0 Å². The van der Waals surface area contributed by atoms with E-state index in [4.69, 9.17) is 5.73 Å². The average Bonchev–Trinajstić information content (AvgIpc) is 2.66. The van der Waals surface area contributed by atoms with Gasteiger partial charge in [0, 0.05) is 25.7 Å². The minimum absolute atomic E-state index is 0.208. The molecular weight excluding hydrogens is 246 g/mol. The molecular formula is C17H29N3. The maximum Gasteiger partial charge on any atom is 0.0502 e. The van der Waals surface area contributed by atoms with Crippen LogP contribution >= 0.6 is 0 Å². The van der Waals surface area contributed by atoms with Gasteiger partial charge in [0.15, 0.2) is 0 Å². The van der Waals surface area contributed by atoms with E-state index in [9.17, 15) is 0 Å². The summed E-state index contributed by atoms with van der Waals surface area (Å²) in [4.78, 5) is 5.02. The van der Waals surface area contributed by atoms with Crippen molar-refractivity contribution in [1.82, 2.24) is 9.80 Å². The Labute approximate surface area is 123 Å². The zero-order chi connectivity index (χ0) is 14.5. The molecule has 0 spiro atoms. The fourth-order valence-electron chi connectivity index (χ4n) is 3.18. The molecule has 1 fully saturated rings. The van der Waals surface area contributed by atoms with Crippen molar-refractivity contribution in [3.05, 3.63) is 35.4 Å². The second-order valence-corrected chi connectivity index (χ2v) is 6.07. The van der Waals surface area contributed by atoms with Gasteiger partial charge in [-0.25, -0.2) is 0 Å². The van der Waals surface area contributed by atoms with Crippen LogP contribution in [0.3, 0.4) is 0 Å². The summed E-state index contributed by atoms with van der Waals surface area (Å²) in [6.45, 7) is 8.99. The summed E-state index contributed by atoms with van der Waals surface area (Å²) in [5.41, 5.74) is 9.25. The summed E-state index contributed by atoms with van der Waals surface area (Å²) in [5.74, 6) is 0. The number of likely N-dealkylation sites (N-methyl/N-ethyl adjacent to an activating group) is 1. The molecule has 0 saturated carbocycles. The van der Waals surface area contributed by atoms with Crippen molar-refractivity contribution in [2.45, 2.75) is 38.8 Å². The summed E-state index contributed by atoms with van der Waals surface area (Å²) in [6, 6.07) is 9.27. The van der Waals surface area contributed by atoms with E-state index >= 15 is 0 Å². The van der Waals surface area contributed by atoms with E-state index < -0.39 is 0 Å². The molecule has 0 amide bonds. The van der Waals surface area contributed by atoms with Crippen LogP contribution in [0.4, 0.5) is 0 Å². The zero-order valence-corrected chi connectivity index (χ0v) is 13.2. The van der Waals surface area contributed by atoms with Crippen LogP contribution in [0.25, 0.3) is 0 Å². The van der Waals surface area contributed by atoms with Gasteiger partial charge in [-0.15, -0.1) is 0 Å². The Kier molecular flexibility index (Phi) is 5.58. The maximum absolute atomic E-state index is 6.48. The van der Waals surface area contributed by atoms with Gasteiger partial charge in [0.25, 0.3) is 0 Å². The highest BCUT2D eigenvalue weighted by atomic mass is 15.2. The van der Waals surface area contributed by atoms with E-state index in [1.807, 2.05) is 0 Å². The molecule has 3 nitrogen and oxygen atoms in total. The third-order valence-electron chi connectivity index (χ3n) is 4.53. The third kappa shape index (κ3) is 3.60. The Morgan fingerprint density at radius 1 is 1.15 bits per heavy atom. The fraction of sp³-hybridized carbons (Fsp3) is 0.647. The number of hydrogen-bond acceptors (Lipinski definition) is 3. The first kappa shape index (κ1) is 15.5. The van der Waals surface area contributed by atoms with Crippen LogP contribution in [0.5, 0.6) is 0 Å². The van der Waals surface area contributed by atoms with Gasteiger partial charge in [-0.3, -0.25) is 4.90 Å².